The van der Waals surface area contributed by atoms with Crippen LogP contribution >= 0.6 is 0 Å². The minimum atomic E-state index is -0.502. The second kappa shape index (κ2) is 11.6. The molecular formula is C23H41N5O2. The Bertz CT molecular complexity index is 598. The third-order valence-corrected chi connectivity index (χ3v) is 7.44. The normalized spacial score (nSPS) is 28.1. The van der Waals surface area contributed by atoms with Gasteiger partial charge in [-0.05, 0) is 56.8 Å². The molecule has 0 saturated heterocycles. The molecule has 0 heterocycles. The van der Waals surface area contributed by atoms with Gasteiger partial charge in [0.15, 0.2) is 5.96 Å². The SMILES string of the molecule is NC(N)=NCCCC(NC(=O)C1CCCCC1)C(=O)NC1CCC2CCCCC2C1. The van der Waals surface area contributed by atoms with Crippen molar-refractivity contribution in [2.24, 2.45) is 34.2 Å². The molecule has 0 radical (unpaired) electrons. The molecule has 3 rings (SSSR count). The first kappa shape index (κ1) is 22.9. The Morgan fingerprint density at radius 3 is 2.33 bits per heavy atom. The van der Waals surface area contributed by atoms with Gasteiger partial charge in [0.1, 0.15) is 6.04 Å². The van der Waals surface area contributed by atoms with E-state index in [0.717, 1.165) is 50.4 Å². The number of nitrogens with two attached hydrogens (primary N) is 2. The van der Waals surface area contributed by atoms with Crippen molar-refractivity contribution in [2.45, 2.75) is 102 Å². The van der Waals surface area contributed by atoms with Crippen LogP contribution in [0.2, 0.25) is 0 Å². The number of guanidine groups is 1. The minimum absolute atomic E-state index is 0.0349. The van der Waals surface area contributed by atoms with Gasteiger partial charge in [-0.15, -0.1) is 0 Å². The molecule has 2 amide bonds. The Morgan fingerprint density at radius 1 is 0.900 bits per heavy atom. The Balaban J connectivity index is 1.54. The molecule has 170 valence electrons. The number of fused-ring (bicyclic) bond motifs is 1. The van der Waals surface area contributed by atoms with Crippen molar-refractivity contribution < 1.29 is 9.59 Å². The van der Waals surface area contributed by atoms with Gasteiger partial charge in [0.25, 0.3) is 0 Å². The fourth-order valence-corrected chi connectivity index (χ4v) is 5.73. The molecule has 3 saturated carbocycles. The van der Waals surface area contributed by atoms with Crippen LogP contribution in [0.25, 0.3) is 0 Å². The van der Waals surface area contributed by atoms with Crippen molar-refractivity contribution in [3.05, 3.63) is 0 Å². The molecule has 0 aliphatic heterocycles. The Morgan fingerprint density at radius 2 is 1.60 bits per heavy atom. The summed E-state index contributed by atoms with van der Waals surface area (Å²) in [6, 6.07) is -0.263. The second-order valence-corrected chi connectivity index (χ2v) is 9.67. The van der Waals surface area contributed by atoms with Gasteiger partial charge in [0.2, 0.25) is 11.8 Å². The van der Waals surface area contributed by atoms with E-state index in [0.29, 0.717) is 19.4 Å². The molecule has 0 aromatic heterocycles. The van der Waals surface area contributed by atoms with Crippen LogP contribution in [0.4, 0.5) is 0 Å². The zero-order valence-electron chi connectivity index (χ0n) is 18.4. The molecule has 3 fully saturated rings. The molecule has 3 aliphatic rings. The predicted molar refractivity (Wildman–Crippen MR) is 120 cm³/mol. The Hall–Kier alpha value is -1.79. The van der Waals surface area contributed by atoms with Crippen molar-refractivity contribution in [1.29, 1.82) is 0 Å². The van der Waals surface area contributed by atoms with Crippen LogP contribution in [0, 0.1) is 17.8 Å². The third kappa shape index (κ3) is 6.88. The molecule has 7 nitrogen and oxygen atoms in total. The van der Waals surface area contributed by atoms with Crippen LogP contribution < -0.4 is 22.1 Å². The van der Waals surface area contributed by atoms with Crippen molar-refractivity contribution >= 4 is 17.8 Å². The zero-order chi connectivity index (χ0) is 21.3. The zero-order valence-corrected chi connectivity index (χ0v) is 18.4. The predicted octanol–water partition coefficient (Wildman–Crippen LogP) is 2.58. The van der Waals surface area contributed by atoms with Crippen molar-refractivity contribution in [2.75, 3.05) is 6.54 Å². The standard InChI is InChI=1S/C23H41N5O2/c24-23(25)26-14-6-11-20(28-21(29)17-8-2-1-3-9-17)22(30)27-19-13-12-16-7-4-5-10-18(16)15-19/h16-20H,1-15H2,(H,27,30)(H,28,29)(H4,24,25,26). The summed E-state index contributed by atoms with van der Waals surface area (Å²) in [5.74, 6) is 1.72. The summed E-state index contributed by atoms with van der Waals surface area (Å²) in [6.45, 7) is 0.471. The molecule has 0 aromatic carbocycles. The largest absolute Gasteiger partial charge is 0.370 e. The number of rotatable bonds is 8. The number of aliphatic imine (C=N–C) groups is 1. The highest BCUT2D eigenvalue weighted by atomic mass is 16.2. The first-order valence-corrected chi connectivity index (χ1v) is 12.2. The second-order valence-electron chi connectivity index (χ2n) is 9.67. The first-order valence-electron chi connectivity index (χ1n) is 12.2. The maximum Gasteiger partial charge on any atom is 0.242 e. The van der Waals surface area contributed by atoms with Crippen molar-refractivity contribution in [3.63, 3.8) is 0 Å². The van der Waals surface area contributed by atoms with E-state index in [1.165, 1.54) is 38.5 Å². The van der Waals surface area contributed by atoms with Crippen molar-refractivity contribution in [3.8, 4) is 0 Å². The van der Waals surface area contributed by atoms with Gasteiger partial charge in [0, 0.05) is 18.5 Å². The summed E-state index contributed by atoms with van der Waals surface area (Å²) in [5.41, 5.74) is 10.8. The average Bonchev–Trinajstić information content (AvgIpc) is 2.76. The molecule has 0 bridgehead atoms. The fraction of sp³-hybridized carbons (Fsp3) is 0.870. The van der Waals surface area contributed by atoms with Crippen LogP contribution in [0.1, 0.15) is 89.9 Å². The molecule has 3 aliphatic carbocycles. The Kier molecular flexibility index (Phi) is 8.82. The lowest BCUT2D eigenvalue weighted by Gasteiger charge is -2.40. The van der Waals surface area contributed by atoms with Gasteiger partial charge in [-0.3, -0.25) is 14.6 Å². The molecule has 30 heavy (non-hydrogen) atoms. The molecule has 6 N–H and O–H groups in total. The summed E-state index contributed by atoms with van der Waals surface area (Å²) < 4.78 is 0. The summed E-state index contributed by atoms with van der Waals surface area (Å²) in [5, 5.41) is 6.33. The van der Waals surface area contributed by atoms with Gasteiger partial charge in [-0.2, -0.15) is 0 Å². The van der Waals surface area contributed by atoms with Gasteiger partial charge in [0.05, 0.1) is 0 Å². The lowest BCUT2D eigenvalue weighted by molar-refractivity contribution is -0.132. The number of hydrogen-bond donors (Lipinski definition) is 4. The van der Waals surface area contributed by atoms with E-state index in [-0.39, 0.29) is 29.7 Å². The van der Waals surface area contributed by atoms with Crippen LogP contribution in [0.15, 0.2) is 4.99 Å². The quantitative estimate of drug-likeness (QED) is 0.274. The number of carbonyl (C=O) groups excluding carboxylic acids is 2. The maximum atomic E-state index is 13.1. The lowest BCUT2D eigenvalue weighted by Crippen LogP contribution is -2.52. The van der Waals surface area contributed by atoms with E-state index in [1.54, 1.807) is 0 Å². The smallest absolute Gasteiger partial charge is 0.242 e. The van der Waals surface area contributed by atoms with Crippen LogP contribution in [-0.2, 0) is 9.59 Å². The monoisotopic (exact) mass is 419 g/mol. The number of amides is 2. The summed E-state index contributed by atoms with van der Waals surface area (Å²) >= 11 is 0. The van der Waals surface area contributed by atoms with Gasteiger partial charge >= 0.3 is 0 Å². The molecule has 7 heteroatoms. The minimum Gasteiger partial charge on any atom is -0.370 e. The Labute approximate surface area is 181 Å². The number of nitrogens with one attached hydrogen (secondary N) is 2. The van der Waals surface area contributed by atoms with E-state index < -0.39 is 6.04 Å². The van der Waals surface area contributed by atoms with Crippen LogP contribution in [0.3, 0.4) is 0 Å². The van der Waals surface area contributed by atoms with E-state index >= 15 is 0 Å². The van der Waals surface area contributed by atoms with E-state index in [4.69, 9.17) is 11.5 Å². The first-order chi connectivity index (χ1) is 14.5. The highest BCUT2D eigenvalue weighted by Crippen LogP contribution is 2.40. The van der Waals surface area contributed by atoms with Gasteiger partial charge in [-0.1, -0.05) is 44.9 Å². The highest BCUT2D eigenvalue weighted by molar-refractivity contribution is 5.88. The highest BCUT2D eigenvalue weighted by Gasteiger charge is 2.34. The van der Waals surface area contributed by atoms with Crippen LogP contribution in [0.5, 0.6) is 0 Å². The molecule has 0 aromatic rings. The number of hydrogen-bond acceptors (Lipinski definition) is 3. The number of nitrogens with zero attached hydrogens (tertiary/aromatic N) is 1. The lowest BCUT2D eigenvalue weighted by atomic mass is 9.69. The summed E-state index contributed by atoms with van der Waals surface area (Å²) in [4.78, 5) is 29.9. The molecule has 0 spiro atoms. The molecule has 4 unspecified atom stereocenters. The molecular weight excluding hydrogens is 378 g/mol. The van der Waals surface area contributed by atoms with Gasteiger partial charge < -0.3 is 22.1 Å². The molecule has 4 atom stereocenters. The average molecular weight is 420 g/mol. The maximum absolute atomic E-state index is 13.1. The van der Waals surface area contributed by atoms with Gasteiger partial charge in [-0.25, -0.2) is 0 Å². The van der Waals surface area contributed by atoms with E-state index in [1.807, 2.05) is 0 Å². The summed E-state index contributed by atoms with van der Waals surface area (Å²) in [7, 11) is 0. The van der Waals surface area contributed by atoms with E-state index in [9.17, 15) is 9.59 Å². The fourth-order valence-electron chi connectivity index (χ4n) is 5.73. The summed E-state index contributed by atoms with van der Waals surface area (Å²) in [6.07, 6.45) is 15.2. The van der Waals surface area contributed by atoms with Crippen molar-refractivity contribution in [1.82, 2.24) is 10.6 Å². The third-order valence-electron chi connectivity index (χ3n) is 7.44. The van der Waals surface area contributed by atoms with Crippen LogP contribution in [-0.4, -0.2) is 36.4 Å². The van der Waals surface area contributed by atoms with E-state index in [2.05, 4.69) is 15.6 Å². The topological polar surface area (TPSA) is 123 Å². The number of carbonyl (C=O) groups is 2.